The third-order valence-electron chi connectivity index (χ3n) is 16.7. The number of aliphatic hydroxyl groups is 1. The van der Waals surface area contributed by atoms with E-state index >= 15 is 0 Å². The summed E-state index contributed by atoms with van der Waals surface area (Å²) in [7, 11) is 0. The fourth-order valence-corrected chi connectivity index (χ4v) is 13.7. The lowest BCUT2D eigenvalue weighted by molar-refractivity contribution is -0.248. The van der Waals surface area contributed by atoms with Crippen LogP contribution in [0.3, 0.4) is 0 Å². The Morgan fingerprint density at radius 1 is 0.907 bits per heavy atom. The summed E-state index contributed by atoms with van der Waals surface area (Å²) >= 11 is 0. The molecule has 2 aromatic carbocycles. The minimum atomic E-state index is -0.513. The van der Waals surface area contributed by atoms with Crippen molar-refractivity contribution >= 4 is 5.97 Å². The first-order valence-electron chi connectivity index (χ1n) is 20.5. The lowest BCUT2D eigenvalue weighted by Gasteiger charge is -2.72. The predicted molar refractivity (Wildman–Crippen MR) is 207 cm³/mol. The summed E-state index contributed by atoms with van der Waals surface area (Å²) in [5, 5.41) is 19.9. The molecule has 0 bridgehead atoms. The number of rotatable bonds is 8. The standard InChI is InChI=1S/C46H60FN3O4/c1-29(2)35-17-22-46(41(52)54-28-32-26-50(49-48-32)33-9-8-10-34(25-33)53-27-30-11-13-31(47)14-12-30)24-23-44(6)36(40(35)46)15-16-38-43(5)20-19-39(51)42(3,4)37(43)18-21-45(38,44)7/h8-14,25-26,35-40,51H,1,15-24,27-28H2,2-7H3/t35-,36+,37-,38+,39-,40+,43-,44+,45+,46-/m0/s1. The van der Waals surface area contributed by atoms with E-state index in [1.165, 1.54) is 37.0 Å². The van der Waals surface area contributed by atoms with Crippen LogP contribution in [0.2, 0.25) is 0 Å². The SMILES string of the molecule is C=C(C)[C@@H]1CC[C@]2(C(=O)OCc3cn(-c4cccc(OCc5ccc(F)cc5)c4)nn3)CC[C@]3(C)[C@H](CC[C@@H]4[C@@]5(C)CC[C@H](O)C(C)(C)[C@@H]5CC[C@]43C)[C@@H]12. The molecule has 5 saturated carbocycles. The van der Waals surface area contributed by atoms with Crippen LogP contribution in [0.25, 0.3) is 5.69 Å². The average Bonchev–Trinajstić information content (AvgIpc) is 3.79. The van der Waals surface area contributed by atoms with Crippen molar-refractivity contribution in [1.29, 1.82) is 0 Å². The molecule has 10 atom stereocenters. The zero-order valence-electron chi connectivity index (χ0n) is 33.2. The number of nitrogens with zero attached hydrogens (tertiary/aromatic N) is 3. The van der Waals surface area contributed by atoms with Gasteiger partial charge in [-0.15, -0.1) is 5.10 Å². The Labute approximate surface area is 321 Å². The molecule has 8 rings (SSSR count). The zero-order chi connectivity index (χ0) is 38.3. The summed E-state index contributed by atoms with van der Waals surface area (Å²) in [6.45, 7) is 19.5. The van der Waals surface area contributed by atoms with Gasteiger partial charge in [-0.05, 0) is 152 Å². The molecule has 8 heteroatoms. The van der Waals surface area contributed by atoms with Crippen LogP contribution in [0.15, 0.2) is 66.9 Å². The quantitative estimate of drug-likeness (QED) is 0.183. The summed E-state index contributed by atoms with van der Waals surface area (Å²) < 4.78 is 27.2. The maximum Gasteiger partial charge on any atom is 0.312 e. The highest BCUT2D eigenvalue weighted by Crippen LogP contribution is 2.77. The van der Waals surface area contributed by atoms with Gasteiger partial charge in [-0.2, -0.15) is 0 Å². The highest BCUT2D eigenvalue weighted by atomic mass is 19.1. The topological polar surface area (TPSA) is 86.5 Å². The van der Waals surface area contributed by atoms with E-state index in [0.717, 1.165) is 56.2 Å². The Kier molecular flexibility index (Phi) is 9.22. The highest BCUT2D eigenvalue weighted by Gasteiger charge is 2.72. The normalized spacial score (nSPS) is 38.0. The number of fused-ring (bicyclic) bond motifs is 7. The molecule has 5 fully saturated rings. The number of hydrogen-bond acceptors (Lipinski definition) is 6. The van der Waals surface area contributed by atoms with Crippen molar-refractivity contribution in [3.8, 4) is 11.4 Å². The van der Waals surface area contributed by atoms with Crippen LogP contribution in [-0.4, -0.2) is 32.2 Å². The Bertz CT molecular complexity index is 1910. The van der Waals surface area contributed by atoms with E-state index in [1.54, 1.807) is 16.8 Å². The van der Waals surface area contributed by atoms with E-state index < -0.39 is 5.41 Å². The Morgan fingerprint density at radius 2 is 1.69 bits per heavy atom. The monoisotopic (exact) mass is 737 g/mol. The zero-order valence-corrected chi connectivity index (χ0v) is 33.2. The van der Waals surface area contributed by atoms with E-state index in [9.17, 15) is 14.3 Å². The first kappa shape index (κ1) is 37.4. The number of aromatic nitrogens is 3. The third-order valence-corrected chi connectivity index (χ3v) is 16.7. The van der Waals surface area contributed by atoms with E-state index in [1.807, 2.05) is 30.5 Å². The van der Waals surface area contributed by atoms with E-state index in [-0.39, 0.29) is 52.1 Å². The second kappa shape index (κ2) is 13.3. The fourth-order valence-electron chi connectivity index (χ4n) is 13.7. The van der Waals surface area contributed by atoms with Crippen molar-refractivity contribution in [2.45, 2.75) is 125 Å². The van der Waals surface area contributed by atoms with Crippen LogP contribution < -0.4 is 4.74 Å². The van der Waals surface area contributed by atoms with Crippen molar-refractivity contribution in [1.82, 2.24) is 15.0 Å². The number of hydrogen-bond donors (Lipinski definition) is 1. The van der Waals surface area contributed by atoms with Crippen molar-refractivity contribution in [3.63, 3.8) is 0 Å². The molecule has 5 aliphatic carbocycles. The Morgan fingerprint density at radius 3 is 2.44 bits per heavy atom. The molecule has 0 aliphatic heterocycles. The van der Waals surface area contributed by atoms with Gasteiger partial charge in [0.15, 0.2) is 0 Å². The van der Waals surface area contributed by atoms with Gasteiger partial charge in [0.2, 0.25) is 0 Å². The van der Waals surface area contributed by atoms with Gasteiger partial charge < -0.3 is 14.6 Å². The van der Waals surface area contributed by atoms with Gasteiger partial charge in [-0.1, -0.05) is 70.2 Å². The molecular weight excluding hydrogens is 678 g/mol. The van der Waals surface area contributed by atoms with Crippen molar-refractivity contribution in [2.24, 2.45) is 56.7 Å². The Balaban J connectivity index is 0.989. The van der Waals surface area contributed by atoms with Gasteiger partial charge in [-0.25, -0.2) is 9.07 Å². The molecule has 5 aliphatic rings. The van der Waals surface area contributed by atoms with Crippen molar-refractivity contribution < 1.29 is 23.8 Å². The molecular formula is C46H60FN3O4. The van der Waals surface area contributed by atoms with Gasteiger partial charge in [0, 0.05) is 6.07 Å². The maximum atomic E-state index is 14.6. The number of aliphatic hydroxyl groups excluding tert-OH is 1. The third kappa shape index (κ3) is 5.70. The van der Waals surface area contributed by atoms with Crippen LogP contribution in [0.5, 0.6) is 5.75 Å². The predicted octanol–water partition coefficient (Wildman–Crippen LogP) is 10.0. The van der Waals surface area contributed by atoms with Gasteiger partial charge in [0.25, 0.3) is 0 Å². The summed E-state index contributed by atoms with van der Waals surface area (Å²) in [6.07, 6.45) is 12.1. The number of carbonyl (C=O) groups excluding carboxylic acids is 1. The average molecular weight is 738 g/mol. The van der Waals surface area contributed by atoms with Crippen molar-refractivity contribution in [2.75, 3.05) is 0 Å². The first-order valence-corrected chi connectivity index (χ1v) is 20.5. The van der Waals surface area contributed by atoms with Gasteiger partial charge in [0.05, 0.1) is 23.4 Å². The molecule has 0 unspecified atom stereocenters. The van der Waals surface area contributed by atoms with Crippen LogP contribution in [-0.2, 0) is 22.7 Å². The van der Waals surface area contributed by atoms with Crippen molar-refractivity contribution in [3.05, 3.63) is 84.0 Å². The lowest BCUT2D eigenvalue weighted by atomic mass is 9.32. The summed E-state index contributed by atoms with van der Waals surface area (Å²) in [5.41, 5.74) is 3.40. The second-order valence-electron chi connectivity index (χ2n) is 19.4. The molecule has 0 amide bonds. The highest BCUT2D eigenvalue weighted by molar-refractivity contribution is 5.78. The molecule has 290 valence electrons. The first-order chi connectivity index (χ1) is 25.6. The number of allylic oxidation sites excluding steroid dienone is 1. The van der Waals surface area contributed by atoms with Crippen LogP contribution in [0.4, 0.5) is 4.39 Å². The maximum absolute atomic E-state index is 14.6. The second-order valence-corrected chi connectivity index (χ2v) is 19.4. The smallest absolute Gasteiger partial charge is 0.312 e. The molecule has 54 heavy (non-hydrogen) atoms. The number of halogens is 1. The molecule has 1 aromatic heterocycles. The lowest BCUT2D eigenvalue weighted by Crippen LogP contribution is -2.67. The minimum Gasteiger partial charge on any atom is -0.489 e. The molecule has 0 spiro atoms. The fraction of sp³-hybridized carbons (Fsp3) is 0.630. The largest absolute Gasteiger partial charge is 0.489 e. The number of benzene rings is 2. The molecule has 1 heterocycles. The van der Waals surface area contributed by atoms with E-state index in [0.29, 0.717) is 41.7 Å². The molecule has 0 saturated heterocycles. The van der Waals surface area contributed by atoms with Crippen LogP contribution in [0.1, 0.15) is 117 Å². The molecule has 1 N–H and O–H groups in total. The van der Waals surface area contributed by atoms with E-state index in [2.05, 4.69) is 58.4 Å². The van der Waals surface area contributed by atoms with E-state index in [4.69, 9.17) is 9.47 Å². The number of esters is 1. The number of ether oxygens (including phenoxy) is 2. The minimum absolute atomic E-state index is 0.0654. The number of carbonyl (C=O) groups is 1. The molecule has 3 aromatic rings. The Hall–Kier alpha value is -3.52. The molecule has 0 radical (unpaired) electrons. The van der Waals surface area contributed by atoms with Gasteiger partial charge in [-0.3, -0.25) is 4.79 Å². The summed E-state index contributed by atoms with van der Waals surface area (Å²) in [6, 6.07) is 13.8. The van der Waals surface area contributed by atoms with Gasteiger partial charge >= 0.3 is 5.97 Å². The van der Waals surface area contributed by atoms with Gasteiger partial charge in [0.1, 0.15) is 30.5 Å². The summed E-state index contributed by atoms with van der Waals surface area (Å²) in [5.74, 6) is 2.44. The summed E-state index contributed by atoms with van der Waals surface area (Å²) in [4.78, 5) is 14.6. The van der Waals surface area contributed by atoms with Crippen LogP contribution >= 0.6 is 0 Å². The van der Waals surface area contributed by atoms with Crippen LogP contribution in [0, 0.1) is 62.5 Å². The molecule has 7 nitrogen and oxygen atoms in total.